The molecule has 1 aliphatic heterocycles. The maximum absolute atomic E-state index is 4.53. The molecule has 2 saturated carbocycles. The van der Waals surface area contributed by atoms with Crippen LogP contribution < -0.4 is 10.2 Å². The summed E-state index contributed by atoms with van der Waals surface area (Å²) in [5, 5.41) is 7.23. The van der Waals surface area contributed by atoms with Crippen LogP contribution in [-0.2, 0) is 0 Å². The average Bonchev–Trinajstić information content (AvgIpc) is 3.47. The molecule has 1 aromatic rings. The lowest BCUT2D eigenvalue weighted by molar-refractivity contribution is 0.360. The number of rotatable bonds is 4. The number of nitrogens with zero attached hydrogens (tertiary/aromatic N) is 3. The van der Waals surface area contributed by atoms with E-state index in [0.717, 1.165) is 44.6 Å². The van der Waals surface area contributed by atoms with E-state index in [1.165, 1.54) is 30.7 Å². The maximum Gasteiger partial charge on any atom is 0.193 e. The fraction of sp³-hybridized carbons (Fsp3) is 0.706. The van der Waals surface area contributed by atoms with Crippen molar-refractivity contribution in [3.63, 3.8) is 0 Å². The third kappa shape index (κ3) is 2.83. The molecule has 0 atom stereocenters. The van der Waals surface area contributed by atoms with Crippen LogP contribution in [0.25, 0.3) is 0 Å². The minimum Gasteiger partial charge on any atom is -0.360 e. The molecule has 0 spiro atoms. The molecule has 22 heavy (non-hydrogen) atoms. The van der Waals surface area contributed by atoms with Gasteiger partial charge in [0, 0.05) is 39.8 Å². The Morgan fingerprint density at radius 1 is 1.32 bits per heavy atom. The lowest BCUT2D eigenvalue weighted by Gasteiger charge is -2.37. The summed E-state index contributed by atoms with van der Waals surface area (Å²) in [5.41, 5.74) is 0.634. The van der Waals surface area contributed by atoms with Crippen LogP contribution in [0.4, 0.5) is 5.00 Å². The van der Waals surface area contributed by atoms with E-state index in [1.807, 2.05) is 18.4 Å². The lowest BCUT2D eigenvalue weighted by Crippen LogP contribution is -2.53. The third-order valence-electron chi connectivity index (χ3n) is 5.54. The molecular formula is C17H26N4S. The maximum atomic E-state index is 4.53. The van der Waals surface area contributed by atoms with E-state index in [9.17, 15) is 0 Å². The summed E-state index contributed by atoms with van der Waals surface area (Å²) in [4.78, 5) is 9.44. The summed E-state index contributed by atoms with van der Waals surface area (Å²) in [6.45, 7) is 5.45. The van der Waals surface area contributed by atoms with Gasteiger partial charge in [0.2, 0.25) is 0 Å². The lowest BCUT2D eigenvalue weighted by atomic mass is 10.0. The van der Waals surface area contributed by atoms with Crippen LogP contribution in [0.2, 0.25) is 0 Å². The van der Waals surface area contributed by atoms with Crippen LogP contribution >= 0.6 is 11.3 Å². The van der Waals surface area contributed by atoms with Gasteiger partial charge in [0.1, 0.15) is 0 Å². The van der Waals surface area contributed by atoms with Gasteiger partial charge >= 0.3 is 0 Å². The smallest absolute Gasteiger partial charge is 0.193 e. The van der Waals surface area contributed by atoms with Crippen molar-refractivity contribution in [3.05, 3.63) is 17.5 Å². The highest BCUT2D eigenvalue weighted by Crippen LogP contribution is 2.60. The molecular weight excluding hydrogens is 292 g/mol. The molecule has 2 heterocycles. The second-order valence-corrected chi connectivity index (χ2v) is 7.89. The quantitative estimate of drug-likeness (QED) is 0.684. The second kappa shape index (κ2) is 5.76. The van der Waals surface area contributed by atoms with Crippen LogP contribution in [0.15, 0.2) is 22.5 Å². The summed E-state index contributed by atoms with van der Waals surface area (Å²) in [6.07, 6.45) is 5.77. The molecule has 4 rings (SSSR count). The van der Waals surface area contributed by atoms with Gasteiger partial charge < -0.3 is 15.1 Å². The molecule has 2 aliphatic carbocycles. The minimum absolute atomic E-state index is 0.634. The Labute approximate surface area is 137 Å². The first-order chi connectivity index (χ1) is 10.8. The van der Waals surface area contributed by atoms with Gasteiger partial charge in [0.05, 0.1) is 5.00 Å². The number of piperazine rings is 1. The number of thiophene rings is 1. The summed E-state index contributed by atoms with van der Waals surface area (Å²) >= 11 is 1.84. The predicted molar refractivity (Wildman–Crippen MR) is 93.9 cm³/mol. The number of guanidine groups is 1. The van der Waals surface area contributed by atoms with Gasteiger partial charge in [-0.3, -0.25) is 4.99 Å². The van der Waals surface area contributed by atoms with Gasteiger partial charge in [-0.15, -0.1) is 11.3 Å². The molecule has 1 aromatic heterocycles. The van der Waals surface area contributed by atoms with Crippen molar-refractivity contribution in [2.24, 2.45) is 16.3 Å². The highest BCUT2D eigenvalue weighted by Gasteiger charge is 2.53. The first-order valence-electron chi connectivity index (χ1n) is 8.55. The van der Waals surface area contributed by atoms with Crippen molar-refractivity contribution < 1.29 is 0 Å². The number of hydrogen-bond acceptors (Lipinski definition) is 3. The van der Waals surface area contributed by atoms with Crippen LogP contribution in [0.5, 0.6) is 0 Å². The Bertz CT molecular complexity index is 523. The monoisotopic (exact) mass is 318 g/mol. The molecule has 3 fully saturated rings. The van der Waals surface area contributed by atoms with Crippen molar-refractivity contribution >= 4 is 22.3 Å². The summed E-state index contributed by atoms with van der Waals surface area (Å²) in [7, 11) is 1.92. The third-order valence-corrected chi connectivity index (χ3v) is 6.47. The van der Waals surface area contributed by atoms with Crippen molar-refractivity contribution in [1.29, 1.82) is 0 Å². The Morgan fingerprint density at radius 3 is 2.64 bits per heavy atom. The van der Waals surface area contributed by atoms with E-state index in [2.05, 4.69) is 37.6 Å². The highest BCUT2D eigenvalue weighted by molar-refractivity contribution is 7.14. The molecule has 0 radical (unpaired) electrons. The normalized spacial score (nSPS) is 24.5. The minimum atomic E-state index is 0.634. The van der Waals surface area contributed by atoms with Crippen LogP contribution in [0.3, 0.4) is 0 Å². The zero-order chi connectivity index (χ0) is 15.0. The van der Waals surface area contributed by atoms with Gasteiger partial charge in [-0.1, -0.05) is 0 Å². The average molecular weight is 318 g/mol. The zero-order valence-electron chi connectivity index (χ0n) is 13.4. The molecule has 3 aliphatic rings. The van der Waals surface area contributed by atoms with Gasteiger partial charge in [0.15, 0.2) is 5.96 Å². The van der Waals surface area contributed by atoms with Crippen molar-refractivity contribution in [2.45, 2.75) is 25.7 Å². The second-order valence-electron chi connectivity index (χ2n) is 6.96. The number of nitrogens with one attached hydrogen (secondary N) is 1. The fourth-order valence-electron chi connectivity index (χ4n) is 3.76. The predicted octanol–water partition coefficient (Wildman–Crippen LogP) is 2.64. The molecule has 4 nitrogen and oxygen atoms in total. The number of hydrogen-bond donors (Lipinski definition) is 1. The standard InChI is InChI=1S/C17H26N4S/c1-18-16(19-13-17(6-7-17)14-4-5-14)21-10-8-20(9-11-21)15-3-2-12-22-15/h2-3,12,14H,4-11,13H2,1H3,(H,18,19). The molecule has 0 amide bonds. The van der Waals surface area contributed by atoms with Crippen LogP contribution in [0.1, 0.15) is 25.7 Å². The summed E-state index contributed by atoms with van der Waals surface area (Å²) in [6, 6.07) is 4.36. The number of anilines is 1. The van der Waals surface area contributed by atoms with Gasteiger partial charge in [-0.25, -0.2) is 0 Å². The molecule has 120 valence electrons. The van der Waals surface area contributed by atoms with Gasteiger partial charge in [-0.2, -0.15) is 0 Å². The van der Waals surface area contributed by atoms with E-state index in [-0.39, 0.29) is 0 Å². The first-order valence-corrected chi connectivity index (χ1v) is 9.43. The largest absolute Gasteiger partial charge is 0.360 e. The summed E-state index contributed by atoms with van der Waals surface area (Å²) in [5.74, 6) is 2.12. The van der Waals surface area contributed by atoms with E-state index in [4.69, 9.17) is 0 Å². The molecule has 0 unspecified atom stereocenters. The van der Waals surface area contributed by atoms with Gasteiger partial charge in [-0.05, 0) is 54.5 Å². The molecule has 0 bridgehead atoms. The van der Waals surface area contributed by atoms with E-state index < -0.39 is 0 Å². The first kappa shape index (κ1) is 14.4. The Kier molecular flexibility index (Phi) is 3.76. The Morgan fingerprint density at radius 2 is 2.09 bits per heavy atom. The fourth-order valence-corrected chi connectivity index (χ4v) is 4.55. The van der Waals surface area contributed by atoms with Crippen LogP contribution in [0, 0.1) is 11.3 Å². The van der Waals surface area contributed by atoms with Crippen molar-refractivity contribution in [1.82, 2.24) is 10.2 Å². The van der Waals surface area contributed by atoms with Crippen molar-refractivity contribution in [2.75, 3.05) is 44.7 Å². The van der Waals surface area contributed by atoms with Crippen molar-refractivity contribution in [3.8, 4) is 0 Å². The Balaban J connectivity index is 1.29. The highest BCUT2D eigenvalue weighted by atomic mass is 32.1. The van der Waals surface area contributed by atoms with E-state index >= 15 is 0 Å². The summed E-state index contributed by atoms with van der Waals surface area (Å²) < 4.78 is 0. The molecule has 5 heteroatoms. The Hall–Kier alpha value is -1.23. The van der Waals surface area contributed by atoms with E-state index in [1.54, 1.807) is 0 Å². The molecule has 1 saturated heterocycles. The zero-order valence-corrected chi connectivity index (χ0v) is 14.2. The SMILES string of the molecule is CN=C(NCC1(C2CC2)CC1)N1CCN(c2cccs2)CC1. The van der Waals surface area contributed by atoms with E-state index in [0.29, 0.717) is 5.41 Å². The van der Waals surface area contributed by atoms with Crippen LogP contribution in [-0.4, -0.2) is 50.6 Å². The topological polar surface area (TPSA) is 30.9 Å². The number of aliphatic imine (C=N–C) groups is 1. The van der Waals surface area contributed by atoms with Gasteiger partial charge in [0.25, 0.3) is 0 Å². The molecule has 0 aromatic carbocycles. The molecule has 1 N–H and O–H groups in total.